The second-order valence-corrected chi connectivity index (χ2v) is 28.3. The standard InChI is InChI=1S/C31H43FN3O6PSSi2/c1-20-14-21(27-24(15-20)34-26(37-3)18-33-27)30-35-25-16-23(32)28-22(29(25)43-30)17-31(2,41-28)19-40-42(36,38-10-12-44(4,5)6)39-11-13-45(7,8)9/h14-16,18H,10-13,17,19H2,1-9H3/t31-/m0/s1. The average Bonchev–Trinajstić information content (AvgIpc) is 3.51. The van der Waals surface area contributed by atoms with Crippen LogP contribution in [0.25, 0.3) is 31.8 Å². The van der Waals surface area contributed by atoms with Crippen molar-refractivity contribution in [2.24, 2.45) is 0 Å². The zero-order valence-electron chi connectivity index (χ0n) is 27.6. The smallest absolute Gasteiger partial charge is 0.474 e. The molecule has 0 N–H and O–H groups in total. The molecule has 0 unspecified atom stereocenters. The van der Waals surface area contributed by atoms with Gasteiger partial charge in [-0.2, -0.15) is 0 Å². The van der Waals surface area contributed by atoms with Gasteiger partial charge >= 0.3 is 7.82 Å². The molecule has 0 saturated carbocycles. The Hall–Kier alpha value is -2.26. The molecule has 1 aliphatic heterocycles. The quantitative estimate of drug-likeness (QED) is 0.100. The number of fused-ring (bicyclic) bond motifs is 4. The van der Waals surface area contributed by atoms with Crippen LogP contribution in [0.4, 0.5) is 4.39 Å². The third-order valence-corrected chi connectivity index (χ3v) is 13.5. The summed E-state index contributed by atoms with van der Waals surface area (Å²) < 4.78 is 59.1. The largest absolute Gasteiger partial charge is 0.481 e. The summed E-state index contributed by atoms with van der Waals surface area (Å²) in [6.07, 6.45) is 1.92. The molecule has 0 saturated heterocycles. The van der Waals surface area contributed by atoms with Gasteiger partial charge in [-0.3, -0.25) is 13.6 Å². The van der Waals surface area contributed by atoms with Crippen LogP contribution in [0.3, 0.4) is 0 Å². The van der Waals surface area contributed by atoms with Gasteiger partial charge < -0.3 is 9.47 Å². The summed E-state index contributed by atoms with van der Waals surface area (Å²) in [5, 5.41) is 0.701. The van der Waals surface area contributed by atoms with Crippen molar-refractivity contribution >= 4 is 56.6 Å². The van der Waals surface area contributed by atoms with Crippen molar-refractivity contribution in [2.45, 2.75) is 77.2 Å². The number of hydrogen-bond acceptors (Lipinski definition) is 10. The van der Waals surface area contributed by atoms with Gasteiger partial charge in [-0.15, -0.1) is 11.3 Å². The molecule has 9 nitrogen and oxygen atoms in total. The third-order valence-electron chi connectivity index (χ3n) is 7.52. The predicted molar refractivity (Wildman–Crippen MR) is 184 cm³/mol. The van der Waals surface area contributed by atoms with Crippen molar-refractivity contribution in [3.05, 3.63) is 41.3 Å². The molecule has 0 radical (unpaired) electrons. The number of benzene rings is 2. The Balaban J connectivity index is 1.40. The monoisotopic (exact) mass is 691 g/mol. The number of aromatic nitrogens is 3. The fourth-order valence-corrected chi connectivity index (χ4v) is 9.12. The van der Waals surface area contributed by atoms with Crippen LogP contribution >= 0.6 is 19.2 Å². The highest BCUT2D eigenvalue weighted by Crippen LogP contribution is 2.52. The molecule has 0 bridgehead atoms. The molecule has 0 amide bonds. The van der Waals surface area contributed by atoms with Gasteiger partial charge in [0.25, 0.3) is 0 Å². The molecular formula is C31H43FN3O6PSSi2. The van der Waals surface area contributed by atoms with Crippen LogP contribution in [0, 0.1) is 12.7 Å². The lowest BCUT2D eigenvalue weighted by molar-refractivity contribution is 0.0256. The minimum absolute atomic E-state index is 0.0919. The number of hydrogen-bond donors (Lipinski definition) is 0. The molecular weight excluding hydrogens is 649 g/mol. The molecule has 0 spiro atoms. The first-order valence-corrected chi connectivity index (χ1v) is 24.8. The summed E-state index contributed by atoms with van der Waals surface area (Å²) in [5.41, 5.74) is 3.44. The molecule has 5 rings (SSSR count). The van der Waals surface area contributed by atoms with Crippen LogP contribution in [-0.2, 0) is 24.6 Å². The van der Waals surface area contributed by atoms with Gasteiger partial charge in [0, 0.05) is 39.8 Å². The fourth-order valence-electron chi connectivity index (χ4n) is 4.97. The number of methoxy groups -OCH3 is 1. The second kappa shape index (κ2) is 12.7. The Kier molecular flexibility index (Phi) is 9.65. The molecule has 2 aromatic heterocycles. The van der Waals surface area contributed by atoms with Gasteiger partial charge in [-0.25, -0.2) is 23.9 Å². The van der Waals surface area contributed by atoms with E-state index in [0.29, 0.717) is 52.6 Å². The van der Waals surface area contributed by atoms with Gasteiger partial charge in [0.05, 0.1) is 54.4 Å². The summed E-state index contributed by atoms with van der Waals surface area (Å²) in [7, 11) is -5.19. The number of nitrogens with zero attached hydrogens (tertiary/aromatic N) is 3. The summed E-state index contributed by atoms with van der Waals surface area (Å²) in [4.78, 5) is 13.9. The fraction of sp³-hybridized carbons (Fsp3) is 0.516. The minimum atomic E-state index is -3.87. The van der Waals surface area contributed by atoms with E-state index in [-0.39, 0.29) is 12.4 Å². The molecule has 1 aliphatic rings. The molecule has 1 atom stereocenters. The van der Waals surface area contributed by atoms with E-state index >= 15 is 4.39 Å². The normalized spacial score (nSPS) is 17.2. The number of rotatable bonds is 13. The van der Waals surface area contributed by atoms with Gasteiger partial charge in [0.15, 0.2) is 11.6 Å². The van der Waals surface area contributed by atoms with E-state index < -0.39 is 35.4 Å². The number of ether oxygens (including phenoxy) is 2. The molecule has 2 aromatic carbocycles. The van der Waals surface area contributed by atoms with Crippen molar-refractivity contribution in [3.63, 3.8) is 0 Å². The van der Waals surface area contributed by atoms with Crippen molar-refractivity contribution in [3.8, 4) is 22.2 Å². The first-order valence-electron chi connectivity index (χ1n) is 15.1. The SMILES string of the molecule is COc1cnc2c(-c3nc4cc(F)c5c(c4s3)C[C@@](C)(COP(=O)(OCC[Si](C)(C)C)OCC[Si](C)(C)C)O5)cc(C)cc2n1. The van der Waals surface area contributed by atoms with Crippen molar-refractivity contribution < 1.29 is 32.0 Å². The predicted octanol–water partition coefficient (Wildman–Crippen LogP) is 8.89. The minimum Gasteiger partial charge on any atom is -0.481 e. The Bertz CT molecular complexity index is 1750. The van der Waals surface area contributed by atoms with Crippen LogP contribution < -0.4 is 9.47 Å². The van der Waals surface area contributed by atoms with Crippen molar-refractivity contribution in [1.29, 1.82) is 0 Å². The summed E-state index contributed by atoms with van der Waals surface area (Å²) in [6.45, 7) is 17.7. The molecule has 3 heterocycles. The maximum Gasteiger partial charge on any atom is 0.474 e. The zero-order valence-corrected chi connectivity index (χ0v) is 31.3. The molecule has 0 fully saturated rings. The number of halogens is 1. The number of phosphoric acid groups is 1. The summed E-state index contributed by atoms with van der Waals surface area (Å²) in [5.74, 6) is 0.0866. The maximum atomic E-state index is 15.5. The Morgan fingerprint density at radius 1 is 1.00 bits per heavy atom. The van der Waals surface area contributed by atoms with Gasteiger partial charge in [-0.05, 0) is 43.6 Å². The Morgan fingerprint density at radius 2 is 1.67 bits per heavy atom. The number of phosphoric ester groups is 1. The third kappa shape index (κ3) is 8.19. The lowest BCUT2D eigenvalue weighted by Crippen LogP contribution is -2.36. The first kappa shape index (κ1) is 34.1. The van der Waals surface area contributed by atoms with Gasteiger partial charge in [0.2, 0.25) is 5.88 Å². The highest BCUT2D eigenvalue weighted by Gasteiger charge is 2.42. The lowest BCUT2D eigenvalue weighted by Gasteiger charge is -2.27. The molecule has 244 valence electrons. The van der Waals surface area contributed by atoms with Crippen LogP contribution in [0.15, 0.2) is 24.4 Å². The zero-order chi connectivity index (χ0) is 32.8. The average molecular weight is 692 g/mol. The molecule has 45 heavy (non-hydrogen) atoms. The summed E-state index contributed by atoms with van der Waals surface area (Å²) in [6, 6.07) is 7.00. The van der Waals surface area contributed by atoms with E-state index in [0.717, 1.165) is 27.9 Å². The number of aryl methyl sites for hydroxylation is 1. The van der Waals surface area contributed by atoms with Crippen LogP contribution in [0.2, 0.25) is 51.4 Å². The van der Waals surface area contributed by atoms with Crippen molar-refractivity contribution in [1.82, 2.24) is 15.0 Å². The molecule has 0 aliphatic carbocycles. The van der Waals surface area contributed by atoms with E-state index in [1.165, 1.54) is 17.4 Å². The van der Waals surface area contributed by atoms with E-state index in [1.807, 2.05) is 26.0 Å². The topological polar surface area (TPSA) is 102 Å². The van der Waals surface area contributed by atoms with E-state index in [9.17, 15) is 4.57 Å². The van der Waals surface area contributed by atoms with E-state index in [1.54, 1.807) is 13.3 Å². The van der Waals surface area contributed by atoms with Crippen molar-refractivity contribution in [2.75, 3.05) is 26.9 Å². The highest BCUT2D eigenvalue weighted by atomic mass is 32.1. The molecule has 14 heteroatoms. The molecule has 4 aromatic rings. The number of thiazole rings is 1. The Morgan fingerprint density at radius 3 is 2.29 bits per heavy atom. The van der Waals surface area contributed by atoms with Gasteiger partial charge in [0.1, 0.15) is 10.6 Å². The van der Waals surface area contributed by atoms with Crippen LogP contribution in [0.1, 0.15) is 18.1 Å². The second-order valence-electron chi connectivity index (χ2n) is 14.4. The van der Waals surface area contributed by atoms with E-state index in [4.69, 9.17) is 28.0 Å². The maximum absolute atomic E-state index is 15.5. The van der Waals surface area contributed by atoms with Crippen LogP contribution in [0.5, 0.6) is 11.6 Å². The van der Waals surface area contributed by atoms with E-state index in [2.05, 4.69) is 49.3 Å². The summed E-state index contributed by atoms with van der Waals surface area (Å²) >= 11 is 1.45. The highest BCUT2D eigenvalue weighted by molar-refractivity contribution is 7.48. The van der Waals surface area contributed by atoms with Gasteiger partial charge in [-0.1, -0.05) is 39.3 Å². The first-order chi connectivity index (χ1) is 21.0. The Labute approximate surface area is 270 Å². The van der Waals surface area contributed by atoms with Crippen LogP contribution in [-0.4, -0.2) is 63.6 Å². The lowest BCUT2D eigenvalue weighted by atomic mass is 10.00.